The molecule has 0 bridgehead atoms. The fraction of sp³-hybridized carbons (Fsp3) is 0.467. The monoisotopic (exact) mass is 294 g/mol. The highest BCUT2D eigenvalue weighted by Gasteiger charge is 2.29. The molecule has 6 nitrogen and oxygen atoms in total. The predicted octanol–water partition coefficient (Wildman–Crippen LogP) is 1.96. The van der Waals surface area contributed by atoms with E-state index < -0.39 is 18.1 Å². The van der Waals surface area contributed by atoms with Crippen LogP contribution in [0.4, 0.5) is 4.79 Å². The number of carbonyl (C=O) groups excluding carboxylic acids is 2. The molecule has 21 heavy (non-hydrogen) atoms. The van der Waals surface area contributed by atoms with Gasteiger partial charge in [-0.2, -0.15) is 0 Å². The average Bonchev–Trinajstić information content (AvgIpc) is 2.49. The molecule has 0 spiro atoms. The van der Waals surface area contributed by atoms with Crippen LogP contribution in [0.3, 0.4) is 0 Å². The summed E-state index contributed by atoms with van der Waals surface area (Å²) < 4.78 is 5.20. The van der Waals surface area contributed by atoms with Gasteiger partial charge in [-0.1, -0.05) is 44.2 Å². The molecule has 6 heteroatoms. The number of hydrogen-bond acceptors (Lipinski definition) is 4. The molecule has 2 amide bonds. The molecule has 0 fully saturated rings. The van der Waals surface area contributed by atoms with Gasteiger partial charge >= 0.3 is 6.09 Å². The first-order valence-corrected chi connectivity index (χ1v) is 6.75. The van der Waals surface area contributed by atoms with Crippen LogP contribution in [0, 0.1) is 5.92 Å². The molecule has 116 valence electrons. The molecule has 1 atom stereocenters. The molecule has 0 aliphatic carbocycles. The number of hydrogen-bond donors (Lipinski definition) is 1. The van der Waals surface area contributed by atoms with Crippen LogP contribution < -0.4 is 5.32 Å². The largest absolute Gasteiger partial charge is 0.436 e. The Bertz CT molecular complexity index is 462. The first-order valence-electron chi connectivity index (χ1n) is 6.75. The molecule has 0 heterocycles. The van der Waals surface area contributed by atoms with E-state index in [2.05, 4.69) is 5.32 Å². The zero-order valence-corrected chi connectivity index (χ0v) is 12.8. The number of amides is 2. The molecule has 1 N–H and O–H groups in total. The number of likely N-dealkylation sites (N-methyl/N-ethyl adjacent to an activating group) is 1. The minimum absolute atomic E-state index is 0.155. The van der Waals surface area contributed by atoms with E-state index in [1.54, 1.807) is 13.8 Å². The van der Waals surface area contributed by atoms with E-state index >= 15 is 0 Å². The highest BCUT2D eigenvalue weighted by Crippen LogP contribution is 2.10. The Morgan fingerprint density at radius 1 is 1.24 bits per heavy atom. The Morgan fingerprint density at radius 3 is 2.38 bits per heavy atom. The SMILES string of the molecule is CON(C)C(=O)[C@@H](OC(=O)NCc1ccccc1)C(C)C. The van der Waals surface area contributed by atoms with Gasteiger partial charge in [0.15, 0.2) is 6.10 Å². The molecule has 0 aliphatic heterocycles. The maximum atomic E-state index is 12.0. The maximum absolute atomic E-state index is 12.0. The van der Waals surface area contributed by atoms with Gasteiger partial charge in [0.2, 0.25) is 0 Å². The van der Waals surface area contributed by atoms with Crippen molar-refractivity contribution < 1.29 is 19.2 Å². The lowest BCUT2D eigenvalue weighted by atomic mass is 10.1. The Balaban J connectivity index is 2.55. The second-order valence-electron chi connectivity index (χ2n) is 4.93. The van der Waals surface area contributed by atoms with Gasteiger partial charge in [-0.25, -0.2) is 9.86 Å². The number of rotatable bonds is 6. The van der Waals surface area contributed by atoms with Gasteiger partial charge in [0.1, 0.15) is 0 Å². The molecule has 0 unspecified atom stereocenters. The molecule has 1 aromatic carbocycles. The van der Waals surface area contributed by atoms with Crippen LogP contribution in [-0.2, 0) is 20.9 Å². The summed E-state index contributed by atoms with van der Waals surface area (Å²) in [5.41, 5.74) is 0.955. The van der Waals surface area contributed by atoms with Crippen molar-refractivity contribution in [3.8, 4) is 0 Å². The van der Waals surface area contributed by atoms with Crippen molar-refractivity contribution in [3.63, 3.8) is 0 Å². The second-order valence-corrected chi connectivity index (χ2v) is 4.93. The summed E-state index contributed by atoms with van der Waals surface area (Å²) in [4.78, 5) is 28.6. The van der Waals surface area contributed by atoms with Crippen molar-refractivity contribution in [1.29, 1.82) is 0 Å². The van der Waals surface area contributed by atoms with E-state index in [-0.39, 0.29) is 5.92 Å². The van der Waals surface area contributed by atoms with Crippen molar-refractivity contribution >= 4 is 12.0 Å². The number of ether oxygens (including phenoxy) is 1. The van der Waals surface area contributed by atoms with E-state index in [4.69, 9.17) is 9.57 Å². The second kappa shape index (κ2) is 8.26. The Kier molecular flexibility index (Phi) is 6.68. The van der Waals surface area contributed by atoms with Gasteiger partial charge in [0, 0.05) is 13.6 Å². The quantitative estimate of drug-likeness (QED) is 0.814. The number of benzene rings is 1. The molecule has 0 radical (unpaired) electrons. The maximum Gasteiger partial charge on any atom is 0.408 e. The molecule has 0 aromatic heterocycles. The standard InChI is InChI=1S/C15H22N2O4/c1-11(2)13(14(18)17(3)20-4)21-15(19)16-10-12-8-6-5-7-9-12/h5-9,11,13H,10H2,1-4H3,(H,16,19)/t13-/m0/s1. The summed E-state index contributed by atoms with van der Waals surface area (Å²) in [7, 11) is 2.85. The fourth-order valence-corrected chi connectivity index (χ4v) is 1.67. The average molecular weight is 294 g/mol. The summed E-state index contributed by atoms with van der Waals surface area (Å²) in [6, 6.07) is 9.46. The number of nitrogens with zero attached hydrogens (tertiary/aromatic N) is 1. The van der Waals surface area contributed by atoms with Crippen LogP contribution in [-0.4, -0.2) is 37.3 Å². The van der Waals surface area contributed by atoms with Gasteiger partial charge in [-0.15, -0.1) is 0 Å². The zero-order valence-electron chi connectivity index (χ0n) is 12.8. The topological polar surface area (TPSA) is 67.9 Å². The minimum Gasteiger partial charge on any atom is -0.436 e. The van der Waals surface area contributed by atoms with E-state index in [0.29, 0.717) is 6.54 Å². The summed E-state index contributed by atoms with van der Waals surface area (Å²) in [5.74, 6) is -0.556. The molecule has 0 saturated carbocycles. The van der Waals surface area contributed by atoms with Gasteiger partial charge in [-0.05, 0) is 11.5 Å². The van der Waals surface area contributed by atoms with Crippen LogP contribution in [0.15, 0.2) is 30.3 Å². The van der Waals surface area contributed by atoms with Gasteiger partial charge in [-0.3, -0.25) is 9.63 Å². The van der Waals surface area contributed by atoms with Crippen LogP contribution in [0.1, 0.15) is 19.4 Å². The van der Waals surface area contributed by atoms with Crippen LogP contribution in [0.5, 0.6) is 0 Å². The predicted molar refractivity (Wildman–Crippen MR) is 78.2 cm³/mol. The molecular weight excluding hydrogens is 272 g/mol. The van der Waals surface area contributed by atoms with Gasteiger partial charge in [0.05, 0.1) is 7.11 Å². The first-order chi connectivity index (χ1) is 9.95. The lowest BCUT2D eigenvalue weighted by Crippen LogP contribution is -2.43. The molecular formula is C15H22N2O4. The van der Waals surface area contributed by atoms with Crippen molar-refractivity contribution in [2.45, 2.75) is 26.5 Å². The molecule has 1 aromatic rings. The Labute approximate surface area is 125 Å². The van der Waals surface area contributed by atoms with E-state index in [1.807, 2.05) is 30.3 Å². The Hall–Kier alpha value is -2.08. The van der Waals surface area contributed by atoms with E-state index in [0.717, 1.165) is 10.6 Å². The normalized spacial score (nSPS) is 11.9. The number of hydroxylamine groups is 2. The Morgan fingerprint density at radius 2 is 1.86 bits per heavy atom. The number of alkyl carbamates (subject to hydrolysis) is 1. The highest BCUT2D eigenvalue weighted by molar-refractivity contribution is 5.82. The third-order valence-corrected chi connectivity index (χ3v) is 2.95. The van der Waals surface area contributed by atoms with E-state index in [9.17, 15) is 9.59 Å². The van der Waals surface area contributed by atoms with Gasteiger partial charge in [0.25, 0.3) is 5.91 Å². The molecule has 0 aliphatic rings. The number of carbonyl (C=O) groups is 2. The van der Waals surface area contributed by atoms with Crippen LogP contribution >= 0.6 is 0 Å². The molecule has 1 rings (SSSR count). The summed E-state index contributed by atoms with van der Waals surface area (Å²) in [6.45, 7) is 3.95. The summed E-state index contributed by atoms with van der Waals surface area (Å²) >= 11 is 0. The lowest BCUT2D eigenvalue weighted by Gasteiger charge is -2.24. The van der Waals surface area contributed by atoms with Crippen molar-refractivity contribution in [2.24, 2.45) is 5.92 Å². The highest BCUT2D eigenvalue weighted by atomic mass is 16.7. The minimum atomic E-state index is -0.884. The van der Waals surface area contributed by atoms with E-state index in [1.165, 1.54) is 14.2 Å². The third kappa shape index (κ3) is 5.43. The van der Waals surface area contributed by atoms with Crippen LogP contribution in [0.2, 0.25) is 0 Å². The smallest absolute Gasteiger partial charge is 0.408 e. The molecule has 0 saturated heterocycles. The number of nitrogens with one attached hydrogen (secondary N) is 1. The van der Waals surface area contributed by atoms with Crippen LogP contribution in [0.25, 0.3) is 0 Å². The fourth-order valence-electron chi connectivity index (χ4n) is 1.67. The summed E-state index contributed by atoms with van der Waals surface area (Å²) in [5, 5.41) is 3.67. The first kappa shape index (κ1) is 17.0. The summed E-state index contributed by atoms with van der Waals surface area (Å²) in [6.07, 6.45) is -1.51. The van der Waals surface area contributed by atoms with Crippen molar-refractivity contribution in [2.75, 3.05) is 14.2 Å². The third-order valence-electron chi connectivity index (χ3n) is 2.95. The lowest BCUT2D eigenvalue weighted by molar-refractivity contribution is -0.180. The zero-order chi connectivity index (χ0) is 15.8. The van der Waals surface area contributed by atoms with Crippen molar-refractivity contribution in [1.82, 2.24) is 10.4 Å². The van der Waals surface area contributed by atoms with Gasteiger partial charge < -0.3 is 10.1 Å². The van der Waals surface area contributed by atoms with Crippen molar-refractivity contribution in [3.05, 3.63) is 35.9 Å².